The molecule has 0 aliphatic heterocycles. The molecule has 3 rings (SSSR count). The second kappa shape index (κ2) is 10.9. The molecule has 0 heterocycles. The Balaban J connectivity index is 2.31. The Morgan fingerprint density at radius 1 is 0.714 bits per heavy atom. The number of thioether (sulfide) groups is 1. The van der Waals surface area contributed by atoms with Gasteiger partial charge in [0.2, 0.25) is 0 Å². The normalized spacial score (nSPS) is 12.1. The molecule has 144 valence electrons. The standard InChI is InChI=1S/C8H15S.3C6H5.Sn/c1-3-4-5-6-7-8-9-2;3*1-2-4-6-5-3-1;/h8H,3-6H2,1-2H3;3*1-5H;. The van der Waals surface area contributed by atoms with Crippen LogP contribution in [0.3, 0.4) is 0 Å². The summed E-state index contributed by atoms with van der Waals surface area (Å²) in [6.45, 7) is 2.29. The minimum atomic E-state index is -3.32. The molecule has 0 radical (unpaired) electrons. The molecular formula is C26H30SSn. The quantitative estimate of drug-likeness (QED) is 0.280. The van der Waals surface area contributed by atoms with Gasteiger partial charge in [-0.15, -0.1) is 0 Å². The Kier molecular flexibility index (Phi) is 8.29. The molecule has 0 aliphatic rings. The SMILES string of the molecule is CCCCC/[C](=C\SC)[Sn]([c]1ccccc1)([c]1ccccc1)[c]1ccccc1. The summed E-state index contributed by atoms with van der Waals surface area (Å²) in [5.74, 6) is 0. The van der Waals surface area contributed by atoms with Crippen LogP contribution in [0, 0.1) is 0 Å². The molecule has 0 bridgehead atoms. The fraction of sp³-hybridized carbons (Fsp3) is 0.231. The van der Waals surface area contributed by atoms with E-state index in [2.05, 4.69) is 110 Å². The molecule has 0 aromatic heterocycles. The van der Waals surface area contributed by atoms with Crippen molar-refractivity contribution in [3.8, 4) is 0 Å². The molecule has 0 atom stereocenters. The van der Waals surface area contributed by atoms with Gasteiger partial charge in [-0.05, 0) is 0 Å². The molecule has 2 heteroatoms. The first-order valence-corrected chi connectivity index (χ1v) is 17.2. The van der Waals surface area contributed by atoms with Gasteiger partial charge in [0.15, 0.2) is 0 Å². The summed E-state index contributed by atoms with van der Waals surface area (Å²) in [6, 6.07) is 34.0. The molecule has 0 amide bonds. The van der Waals surface area contributed by atoms with Gasteiger partial charge in [-0.3, -0.25) is 0 Å². The zero-order valence-electron chi connectivity index (χ0n) is 17.0. The Bertz CT molecular complexity index is 760. The van der Waals surface area contributed by atoms with Crippen molar-refractivity contribution in [1.82, 2.24) is 0 Å². The Labute approximate surface area is 179 Å². The molecular weight excluding hydrogens is 463 g/mol. The van der Waals surface area contributed by atoms with Crippen LogP contribution in [-0.2, 0) is 0 Å². The molecule has 0 unspecified atom stereocenters. The Morgan fingerprint density at radius 2 is 1.14 bits per heavy atom. The van der Waals surface area contributed by atoms with Crippen LogP contribution in [-0.4, -0.2) is 24.6 Å². The third-order valence-electron chi connectivity index (χ3n) is 5.41. The topological polar surface area (TPSA) is 0 Å². The van der Waals surface area contributed by atoms with E-state index in [9.17, 15) is 0 Å². The summed E-state index contributed by atoms with van der Waals surface area (Å²) < 4.78 is 6.34. The van der Waals surface area contributed by atoms with Crippen LogP contribution in [0.4, 0.5) is 0 Å². The average molecular weight is 493 g/mol. The fourth-order valence-corrected chi connectivity index (χ4v) is 20.8. The van der Waals surface area contributed by atoms with Crippen molar-refractivity contribution >= 4 is 40.9 Å². The summed E-state index contributed by atoms with van der Waals surface area (Å²) in [6.07, 6.45) is 7.23. The number of hydrogen-bond donors (Lipinski definition) is 0. The van der Waals surface area contributed by atoms with Crippen molar-refractivity contribution in [2.45, 2.75) is 32.6 Å². The molecule has 0 saturated heterocycles. The zero-order valence-corrected chi connectivity index (χ0v) is 20.6. The van der Waals surface area contributed by atoms with E-state index in [1.165, 1.54) is 25.7 Å². The van der Waals surface area contributed by atoms with E-state index < -0.39 is 18.4 Å². The van der Waals surface area contributed by atoms with E-state index in [0.717, 1.165) is 0 Å². The van der Waals surface area contributed by atoms with E-state index in [1.54, 1.807) is 14.3 Å². The van der Waals surface area contributed by atoms with Crippen molar-refractivity contribution < 1.29 is 0 Å². The van der Waals surface area contributed by atoms with Gasteiger partial charge in [0, 0.05) is 0 Å². The summed E-state index contributed by atoms with van der Waals surface area (Å²) in [5, 5.41) is 2.48. The number of hydrogen-bond acceptors (Lipinski definition) is 1. The molecule has 0 spiro atoms. The van der Waals surface area contributed by atoms with E-state index in [1.807, 2.05) is 11.8 Å². The van der Waals surface area contributed by atoms with Crippen LogP contribution >= 0.6 is 11.8 Å². The summed E-state index contributed by atoms with van der Waals surface area (Å²) in [5.41, 5.74) is 0. The van der Waals surface area contributed by atoms with Crippen LogP contribution in [0.25, 0.3) is 0 Å². The molecule has 28 heavy (non-hydrogen) atoms. The van der Waals surface area contributed by atoms with E-state index in [0.29, 0.717) is 0 Å². The van der Waals surface area contributed by atoms with Gasteiger partial charge in [0.25, 0.3) is 0 Å². The van der Waals surface area contributed by atoms with Gasteiger partial charge >= 0.3 is 180 Å². The van der Waals surface area contributed by atoms with Crippen LogP contribution in [0.5, 0.6) is 0 Å². The van der Waals surface area contributed by atoms with Crippen LogP contribution in [0.1, 0.15) is 32.6 Å². The number of allylic oxidation sites excluding steroid dienone is 1. The van der Waals surface area contributed by atoms with E-state index >= 15 is 0 Å². The monoisotopic (exact) mass is 494 g/mol. The van der Waals surface area contributed by atoms with Gasteiger partial charge in [-0.25, -0.2) is 0 Å². The van der Waals surface area contributed by atoms with E-state index in [-0.39, 0.29) is 0 Å². The first-order chi connectivity index (χ1) is 13.8. The fourth-order valence-electron chi connectivity index (χ4n) is 4.16. The third-order valence-corrected chi connectivity index (χ3v) is 20.7. The molecule has 0 saturated carbocycles. The van der Waals surface area contributed by atoms with Crippen molar-refractivity contribution in [1.29, 1.82) is 0 Å². The maximum atomic E-state index is 2.48. The van der Waals surface area contributed by atoms with Gasteiger partial charge < -0.3 is 0 Å². The summed E-state index contributed by atoms with van der Waals surface area (Å²) >= 11 is -1.45. The van der Waals surface area contributed by atoms with Gasteiger partial charge in [-0.1, -0.05) is 0 Å². The van der Waals surface area contributed by atoms with E-state index in [4.69, 9.17) is 0 Å². The number of benzene rings is 3. The number of unbranched alkanes of at least 4 members (excludes halogenated alkanes) is 2. The third kappa shape index (κ3) is 4.58. The predicted molar refractivity (Wildman–Crippen MR) is 130 cm³/mol. The van der Waals surface area contributed by atoms with Crippen molar-refractivity contribution in [2.24, 2.45) is 0 Å². The Morgan fingerprint density at radius 3 is 1.50 bits per heavy atom. The first kappa shape index (κ1) is 21.3. The second-order valence-electron chi connectivity index (χ2n) is 7.18. The molecule has 3 aromatic rings. The predicted octanol–water partition coefficient (Wildman–Crippen LogP) is 5.52. The zero-order chi connectivity index (χ0) is 19.7. The van der Waals surface area contributed by atoms with Crippen molar-refractivity contribution in [3.05, 3.63) is 100.0 Å². The van der Waals surface area contributed by atoms with Crippen molar-refractivity contribution in [2.75, 3.05) is 6.26 Å². The second-order valence-corrected chi connectivity index (χ2v) is 18.9. The molecule has 3 aromatic carbocycles. The van der Waals surface area contributed by atoms with Crippen molar-refractivity contribution in [3.63, 3.8) is 0 Å². The molecule has 0 fully saturated rings. The summed E-state index contributed by atoms with van der Waals surface area (Å²) in [4.78, 5) is 0. The minimum absolute atomic E-state index is 1.20. The molecule has 0 nitrogen and oxygen atoms in total. The van der Waals surface area contributed by atoms with Crippen LogP contribution < -0.4 is 10.7 Å². The van der Waals surface area contributed by atoms with Gasteiger partial charge in [-0.2, -0.15) is 0 Å². The molecule has 0 N–H and O–H groups in total. The van der Waals surface area contributed by atoms with Crippen LogP contribution in [0.15, 0.2) is 100.0 Å². The summed E-state index contributed by atoms with van der Waals surface area (Å²) in [7, 11) is 0. The van der Waals surface area contributed by atoms with Crippen LogP contribution in [0.2, 0.25) is 0 Å². The number of rotatable bonds is 9. The maximum absolute atomic E-state index is 3.32. The Hall–Kier alpha value is -1.45. The van der Waals surface area contributed by atoms with Gasteiger partial charge in [0.05, 0.1) is 0 Å². The first-order valence-electron chi connectivity index (χ1n) is 10.2. The average Bonchev–Trinajstić information content (AvgIpc) is 2.77. The molecule has 0 aliphatic carbocycles. The van der Waals surface area contributed by atoms with Gasteiger partial charge in [0.1, 0.15) is 0 Å².